The van der Waals surface area contributed by atoms with E-state index in [1.165, 1.54) is 5.56 Å². The Bertz CT molecular complexity index is 651. The quantitative estimate of drug-likeness (QED) is 0.839. The molecule has 19 heavy (non-hydrogen) atoms. The highest BCUT2D eigenvalue weighted by Crippen LogP contribution is 2.04. The van der Waals surface area contributed by atoms with Gasteiger partial charge in [0.2, 0.25) is 0 Å². The Morgan fingerprint density at radius 3 is 2.63 bits per heavy atom. The van der Waals surface area contributed by atoms with E-state index in [9.17, 15) is 4.79 Å². The van der Waals surface area contributed by atoms with Crippen LogP contribution in [0.2, 0.25) is 0 Å². The van der Waals surface area contributed by atoms with E-state index >= 15 is 0 Å². The van der Waals surface area contributed by atoms with Gasteiger partial charge in [0.25, 0.3) is 5.56 Å². The minimum absolute atomic E-state index is 0.185. The van der Waals surface area contributed by atoms with Gasteiger partial charge in [-0.15, -0.1) is 0 Å². The lowest BCUT2D eigenvalue weighted by molar-refractivity contribution is 0.620. The molecule has 0 bridgehead atoms. The standard InChI is InChI=1S/C16H16N2O/c1-13-9-11-18(16(19)15(13)12-17)10-5-8-14-6-3-2-4-7-14/h2-4,6-7,9,11H,5,8,10H2,1H3. The number of hydrogen-bond acceptors (Lipinski definition) is 2. The Labute approximate surface area is 112 Å². The molecule has 2 aromatic rings. The average molecular weight is 252 g/mol. The first-order chi connectivity index (χ1) is 9.22. The van der Waals surface area contributed by atoms with Gasteiger partial charge in [-0.2, -0.15) is 5.26 Å². The molecule has 1 aromatic carbocycles. The summed E-state index contributed by atoms with van der Waals surface area (Å²) in [4.78, 5) is 12.0. The Hall–Kier alpha value is -2.34. The maximum absolute atomic E-state index is 12.0. The number of hydrogen-bond donors (Lipinski definition) is 0. The summed E-state index contributed by atoms with van der Waals surface area (Å²) < 4.78 is 1.62. The Morgan fingerprint density at radius 1 is 1.21 bits per heavy atom. The average Bonchev–Trinajstić information content (AvgIpc) is 2.43. The number of aryl methyl sites for hydroxylation is 3. The summed E-state index contributed by atoms with van der Waals surface area (Å²) in [6, 6.07) is 14.0. The topological polar surface area (TPSA) is 45.8 Å². The summed E-state index contributed by atoms with van der Waals surface area (Å²) in [5.41, 5.74) is 2.08. The van der Waals surface area contributed by atoms with Gasteiger partial charge in [0.05, 0.1) is 0 Å². The molecule has 96 valence electrons. The van der Waals surface area contributed by atoms with Crippen LogP contribution >= 0.6 is 0 Å². The van der Waals surface area contributed by atoms with Crippen LogP contribution in [0.5, 0.6) is 0 Å². The van der Waals surface area contributed by atoms with Crippen molar-refractivity contribution in [3.8, 4) is 6.07 Å². The molecule has 0 aliphatic rings. The van der Waals surface area contributed by atoms with Crippen LogP contribution in [-0.4, -0.2) is 4.57 Å². The second kappa shape index (κ2) is 6.01. The third kappa shape index (κ3) is 3.11. The monoisotopic (exact) mass is 252 g/mol. The minimum Gasteiger partial charge on any atom is -0.314 e. The molecule has 3 heteroatoms. The molecule has 0 unspecified atom stereocenters. The van der Waals surface area contributed by atoms with Gasteiger partial charge in [-0.25, -0.2) is 0 Å². The van der Waals surface area contributed by atoms with Crippen molar-refractivity contribution in [1.82, 2.24) is 4.57 Å². The molecule has 0 saturated carbocycles. The fraction of sp³-hybridized carbons (Fsp3) is 0.250. The number of nitriles is 1. The number of pyridine rings is 1. The molecular formula is C16H16N2O. The van der Waals surface area contributed by atoms with Gasteiger partial charge in [-0.1, -0.05) is 30.3 Å². The zero-order valence-corrected chi connectivity index (χ0v) is 11.0. The van der Waals surface area contributed by atoms with Gasteiger partial charge >= 0.3 is 0 Å². The van der Waals surface area contributed by atoms with Gasteiger partial charge in [-0.3, -0.25) is 4.79 Å². The van der Waals surface area contributed by atoms with Gasteiger partial charge in [0, 0.05) is 12.7 Å². The highest BCUT2D eigenvalue weighted by atomic mass is 16.1. The zero-order chi connectivity index (χ0) is 13.7. The van der Waals surface area contributed by atoms with Crippen molar-refractivity contribution in [1.29, 1.82) is 5.26 Å². The van der Waals surface area contributed by atoms with E-state index < -0.39 is 0 Å². The van der Waals surface area contributed by atoms with Crippen LogP contribution in [-0.2, 0) is 13.0 Å². The summed E-state index contributed by atoms with van der Waals surface area (Å²) in [6.07, 6.45) is 3.59. The number of nitrogens with zero attached hydrogens (tertiary/aromatic N) is 2. The Kier molecular flexibility index (Phi) is 4.15. The predicted octanol–water partition coefficient (Wildman–Crippen LogP) is 2.66. The summed E-state index contributed by atoms with van der Waals surface area (Å²) in [5.74, 6) is 0. The Balaban J connectivity index is 2.05. The molecule has 0 saturated heterocycles. The number of benzene rings is 1. The zero-order valence-electron chi connectivity index (χ0n) is 11.0. The number of rotatable bonds is 4. The van der Waals surface area contributed by atoms with E-state index in [2.05, 4.69) is 12.1 Å². The molecule has 1 heterocycles. The molecular weight excluding hydrogens is 236 g/mol. The molecule has 0 aliphatic heterocycles. The maximum atomic E-state index is 12.0. The van der Waals surface area contributed by atoms with Crippen molar-refractivity contribution in [2.75, 3.05) is 0 Å². The minimum atomic E-state index is -0.185. The first-order valence-corrected chi connectivity index (χ1v) is 6.36. The van der Waals surface area contributed by atoms with Crippen molar-refractivity contribution < 1.29 is 0 Å². The third-order valence-electron chi connectivity index (χ3n) is 3.19. The van der Waals surface area contributed by atoms with Gasteiger partial charge < -0.3 is 4.57 Å². The van der Waals surface area contributed by atoms with Crippen molar-refractivity contribution in [3.05, 3.63) is 69.6 Å². The molecule has 0 aliphatic carbocycles. The van der Waals surface area contributed by atoms with E-state index in [0.717, 1.165) is 18.4 Å². The molecule has 0 radical (unpaired) electrons. The van der Waals surface area contributed by atoms with Crippen molar-refractivity contribution in [3.63, 3.8) is 0 Å². The maximum Gasteiger partial charge on any atom is 0.268 e. The second-order valence-corrected chi connectivity index (χ2v) is 4.57. The third-order valence-corrected chi connectivity index (χ3v) is 3.19. The first-order valence-electron chi connectivity index (χ1n) is 6.36. The Morgan fingerprint density at radius 2 is 1.95 bits per heavy atom. The van der Waals surface area contributed by atoms with Crippen LogP contribution in [0, 0.1) is 18.3 Å². The predicted molar refractivity (Wildman–Crippen MR) is 74.9 cm³/mol. The van der Waals surface area contributed by atoms with Crippen LogP contribution in [0.3, 0.4) is 0 Å². The lowest BCUT2D eigenvalue weighted by Crippen LogP contribution is -2.23. The lowest BCUT2D eigenvalue weighted by Gasteiger charge is -2.07. The highest BCUT2D eigenvalue weighted by Gasteiger charge is 2.05. The van der Waals surface area contributed by atoms with Crippen molar-refractivity contribution in [2.24, 2.45) is 0 Å². The highest BCUT2D eigenvalue weighted by molar-refractivity contribution is 5.33. The molecule has 0 spiro atoms. The SMILES string of the molecule is Cc1ccn(CCCc2ccccc2)c(=O)c1C#N. The van der Waals surface area contributed by atoms with Crippen LogP contribution < -0.4 is 5.56 Å². The molecule has 2 rings (SSSR count). The molecule has 0 amide bonds. The summed E-state index contributed by atoms with van der Waals surface area (Å²) in [7, 11) is 0. The summed E-state index contributed by atoms with van der Waals surface area (Å²) >= 11 is 0. The van der Waals surface area contributed by atoms with E-state index in [1.807, 2.05) is 30.3 Å². The van der Waals surface area contributed by atoms with Crippen molar-refractivity contribution in [2.45, 2.75) is 26.3 Å². The molecule has 0 N–H and O–H groups in total. The lowest BCUT2D eigenvalue weighted by atomic mass is 10.1. The molecule has 0 fully saturated rings. The number of aromatic nitrogens is 1. The molecule has 0 atom stereocenters. The van der Waals surface area contributed by atoms with Crippen LogP contribution in [0.15, 0.2) is 47.4 Å². The first kappa shape index (κ1) is 13.1. The normalized spacial score (nSPS) is 10.1. The molecule has 1 aromatic heterocycles. The van der Waals surface area contributed by atoms with E-state index in [4.69, 9.17) is 5.26 Å². The summed E-state index contributed by atoms with van der Waals surface area (Å²) in [5, 5.41) is 8.96. The van der Waals surface area contributed by atoms with Crippen LogP contribution in [0.1, 0.15) is 23.1 Å². The van der Waals surface area contributed by atoms with Crippen molar-refractivity contribution >= 4 is 0 Å². The van der Waals surface area contributed by atoms with Gasteiger partial charge in [0.15, 0.2) is 0 Å². The van der Waals surface area contributed by atoms with Gasteiger partial charge in [0.1, 0.15) is 11.6 Å². The fourth-order valence-corrected chi connectivity index (χ4v) is 2.08. The fourth-order valence-electron chi connectivity index (χ4n) is 2.08. The smallest absolute Gasteiger partial charge is 0.268 e. The van der Waals surface area contributed by atoms with Crippen LogP contribution in [0.4, 0.5) is 0 Å². The largest absolute Gasteiger partial charge is 0.314 e. The summed E-state index contributed by atoms with van der Waals surface area (Å²) in [6.45, 7) is 2.43. The molecule has 3 nitrogen and oxygen atoms in total. The van der Waals surface area contributed by atoms with E-state index in [1.54, 1.807) is 17.7 Å². The van der Waals surface area contributed by atoms with Crippen LogP contribution in [0.25, 0.3) is 0 Å². The second-order valence-electron chi connectivity index (χ2n) is 4.57. The van der Waals surface area contributed by atoms with E-state index in [-0.39, 0.29) is 11.1 Å². The van der Waals surface area contributed by atoms with E-state index in [0.29, 0.717) is 6.54 Å². The van der Waals surface area contributed by atoms with Gasteiger partial charge in [-0.05, 0) is 37.0 Å².